The second kappa shape index (κ2) is 4.97. The van der Waals surface area contributed by atoms with E-state index in [0.717, 1.165) is 25.7 Å². The Balaban J connectivity index is 2.26. The monoisotopic (exact) mass is 212 g/mol. The lowest BCUT2D eigenvalue weighted by Gasteiger charge is -2.19. The van der Waals surface area contributed by atoms with Gasteiger partial charge in [0.15, 0.2) is 0 Å². The molecule has 1 saturated carbocycles. The number of nitrogens with two attached hydrogens (primary N) is 1. The van der Waals surface area contributed by atoms with Gasteiger partial charge in [-0.15, -0.1) is 0 Å². The third kappa shape index (κ3) is 3.49. The fraction of sp³-hybridized carbons (Fsp3) is 0.917. The molecule has 1 aliphatic carbocycles. The normalized spacial score (nSPS) is 20.1. The molecule has 1 aliphatic rings. The van der Waals surface area contributed by atoms with Crippen LogP contribution in [0.15, 0.2) is 0 Å². The molecule has 0 saturated heterocycles. The summed E-state index contributed by atoms with van der Waals surface area (Å²) in [6, 6.07) is 0.281. The molecule has 0 spiro atoms. The van der Waals surface area contributed by atoms with Crippen LogP contribution in [-0.4, -0.2) is 18.5 Å². The minimum Gasteiger partial charge on any atom is -0.353 e. The Morgan fingerprint density at radius 2 is 1.93 bits per heavy atom. The number of nitrogens with one attached hydrogen (secondary N) is 1. The van der Waals surface area contributed by atoms with Crippen LogP contribution in [0.4, 0.5) is 0 Å². The third-order valence-electron chi connectivity index (χ3n) is 3.28. The molecule has 1 amide bonds. The summed E-state index contributed by atoms with van der Waals surface area (Å²) in [5.41, 5.74) is 5.40. The molecule has 0 radical (unpaired) electrons. The molecule has 3 N–H and O–H groups in total. The van der Waals surface area contributed by atoms with Gasteiger partial charge >= 0.3 is 0 Å². The molecular formula is C12H24N2O. The number of amides is 1. The molecule has 0 aromatic carbocycles. The standard InChI is InChI=1S/C12H24N2O/c1-9(2)4-5-10(3)14-11(15)12(8-13)6-7-12/h9-10H,4-8,13H2,1-3H3,(H,14,15). The van der Waals surface area contributed by atoms with Crippen LogP contribution in [0, 0.1) is 11.3 Å². The van der Waals surface area contributed by atoms with Gasteiger partial charge in [-0.25, -0.2) is 0 Å². The summed E-state index contributed by atoms with van der Waals surface area (Å²) in [5, 5.41) is 3.07. The summed E-state index contributed by atoms with van der Waals surface area (Å²) >= 11 is 0. The van der Waals surface area contributed by atoms with Crippen LogP contribution in [0.3, 0.4) is 0 Å². The van der Waals surface area contributed by atoms with Crippen molar-refractivity contribution in [2.75, 3.05) is 6.54 Å². The van der Waals surface area contributed by atoms with E-state index in [1.807, 2.05) is 0 Å². The SMILES string of the molecule is CC(C)CCC(C)NC(=O)C1(CN)CC1. The summed E-state index contributed by atoms with van der Waals surface area (Å²) in [5.74, 6) is 0.870. The Labute approximate surface area is 92.8 Å². The van der Waals surface area contributed by atoms with Crippen molar-refractivity contribution >= 4 is 5.91 Å². The second-order valence-corrected chi connectivity index (χ2v) is 5.33. The van der Waals surface area contributed by atoms with Crippen LogP contribution < -0.4 is 11.1 Å². The molecule has 3 nitrogen and oxygen atoms in total. The first-order valence-corrected chi connectivity index (χ1v) is 6.01. The predicted molar refractivity (Wildman–Crippen MR) is 62.4 cm³/mol. The van der Waals surface area contributed by atoms with E-state index in [4.69, 9.17) is 5.73 Å². The van der Waals surface area contributed by atoms with Gasteiger partial charge in [-0.05, 0) is 38.5 Å². The van der Waals surface area contributed by atoms with Gasteiger partial charge in [-0.3, -0.25) is 4.79 Å². The average molecular weight is 212 g/mol. The maximum absolute atomic E-state index is 11.8. The molecule has 0 heterocycles. The van der Waals surface area contributed by atoms with Crippen molar-refractivity contribution in [3.8, 4) is 0 Å². The third-order valence-corrected chi connectivity index (χ3v) is 3.28. The van der Waals surface area contributed by atoms with E-state index in [9.17, 15) is 4.79 Å². The highest BCUT2D eigenvalue weighted by molar-refractivity contribution is 5.85. The lowest BCUT2D eigenvalue weighted by molar-refractivity contribution is -0.126. The highest BCUT2D eigenvalue weighted by atomic mass is 16.2. The van der Waals surface area contributed by atoms with E-state index >= 15 is 0 Å². The van der Waals surface area contributed by atoms with Crippen molar-refractivity contribution in [1.29, 1.82) is 0 Å². The molecule has 3 heteroatoms. The van der Waals surface area contributed by atoms with E-state index in [1.165, 1.54) is 0 Å². The zero-order valence-corrected chi connectivity index (χ0v) is 10.2. The largest absolute Gasteiger partial charge is 0.353 e. The Kier molecular flexibility index (Phi) is 4.14. The molecule has 1 atom stereocenters. The lowest BCUT2D eigenvalue weighted by Crippen LogP contribution is -2.41. The molecule has 88 valence electrons. The van der Waals surface area contributed by atoms with Gasteiger partial charge in [0.25, 0.3) is 0 Å². The number of rotatable bonds is 6. The fourth-order valence-corrected chi connectivity index (χ4v) is 1.71. The number of hydrogen-bond donors (Lipinski definition) is 2. The van der Waals surface area contributed by atoms with Crippen LogP contribution in [-0.2, 0) is 4.79 Å². The van der Waals surface area contributed by atoms with Crippen LogP contribution >= 0.6 is 0 Å². The van der Waals surface area contributed by atoms with Crippen molar-refractivity contribution in [3.05, 3.63) is 0 Å². The first-order chi connectivity index (χ1) is 7.00. The van der Waals surface area contributed by atoms with Crippen molar-refractivity contribution in [3.63, 3.8) is 0 Å². The fourth-order valence-electron chi connectivity index (χ4n) is 1.71. The van der Waals surface area contributed by atoms with E-state index < -0.39 is 0 Å². The van der Waals surface area contributed by atoms with E-state index in [2.05, 4.69) is 26.1 Å². The van der Waals surface area contributed by atoms with Gasteiger partial charge < -0.3 is 11.1 Å². The lowest BCUT2D eigenvalue weighted by atomic mass is 10.0. The van der Waals surface area contributed by atoms with E-state index in [1.54, 1.807) is 0 Å². The van der Waals surface area contributed by atoms with Gasteiger partial charge in [0.05, 0.1) is 5.41 Å². The zero-order chi connectivity index (χ0) is 11.5. The Bertz CT molecular complexity index is 222. The van der Waals surface area contributed by atoms with Crippen LogP contribution in [0.1, 0.15) is 46.5 Å². The first kappa shape index (κ1) is 12.5. The second-order valence-electron chi connectivity index (χ2n) is 5.33. The van der Waals surface area contributed by atoms with Gasteiger partial charge in [0.1, 0.15) is 0 Å². The van der Waals surface area contributed by atoms with Crippen LogP contribution in [0.2, 0.25) is 0 Å². The van der Waals surface area contributed by atoms with Crippen molar-refractivity contribution < 1.29 is 4.79 Å². The van der Waals surface area contributed by atoms with E-state index in [-0.39, 0.29) is 17.4 Å². The molecule has 0 aromatic heterocycles. The maximum Gasteiger partial charge on any atom is 0.227 e. The number of carbonyl (C=O) groups excluding carboxylic acids is 1. The molecule has 0 bridgehead atoms. The smallest absolute Gasteiger partial charge is 0.227 e. The van der Waals surface area contributed by atoms with Crippen molar-refractivity contribution in [1.82, 2.24) is 5.32 Å². The summed E-state index contributed by atoms with van der Waals surface area (Å²) in [6.07, 6.45) is 4.15. The molecular weight excluding hydrogens is 188 g/mol. The van der Waals surface area contributed by atoms with Crippen LogP contribution in [0.5, 0.6) is 0 Å². The summed E-state index contributed by atoms with van der Waals surface area (Å²) in [4.78, 5) is 11.8. The first-order valence-electron chi connectivity index (χ1n) is 6.01. The highest BCUT2D eigenvalue weighted by Crippen LogP contribution is 2.44. The average Bonchev–Trinajstić information content (AvgIpc) is 2.95. The summed E-state index contributed by atoms with van der Waals surface area (Å²) in [7, 11) is 0. The molecule has 1 unspecified atom stereocenters. The Hall–Kier alpha value is -0.570. The Morgan fingerprint density at radius 3 is 2.33 bits per heavy atom. The molecule has 0 aliphatic heterocycles. The van der Waals surface area contributed by atoms with Crippen molar-refractivity contribution in [2.24, 2.45) is 17.1 Å². The maximum atomic E-state index is 11.8. The van der Waals surface area contributed by atoms with Crippen LogP contribution in [0.25, 0.3) is 0 Å². The Morgan fingerprint density at radius 1 is 1.33 bits per heavy atom. The quantitative estimate of drug-likeness (QED) is 0.703. The molecule has 15 heavy (non-hydrogen) atoms. The van der Waals surface area contributed by atoms with Gasteiger partial charge in [0, 0.05) is 12.6 Å². The molecule has 1 fully saturated rings. The minimum atomic E-state index is -0.202. The number of hydrogen-bond acceptors (Lipinski definition) is 2. The predicted octanol–water partition coefficient (Wildman–Crippen LogP) is 1.67. The molecule has 0 aromatic rings. The molecule has 1 rings (SSSR count). The topological polar surface area (TPSA) is 55.1 Å². The minimum absolute atomic E-state index is 0.168. The van der Waals surface area contributed by atoms with Crippen molar-refractivity contribution in [2.45, 2.75) is 52.5 Å². The number of carbonyl (C=O) groups is 1. The summed E-state index contributed by atoms with van der Waals surface area (Å²) in [6.45, 7) is 6.98. The van der Waals surface area contributed by atoms with Gasteiger partial charge in [-0.2, -0.15) is 0 Å². The summed E-state index contributed by atoms with van der Waals surface area (Å²) < 4.78 is 0. The van der Waals surface area contributed by atoms with E-state index in [0.29, 0.717) is 12.5 Å². The van der Waals surface area contributed by atoms with Gasteiger partial charge in [-0.1, -0.05) is 13.8 Å². The highest BCUT2D eigenvalue weighted by Gasteiger charge is 2.48. The zero-order valence-electron chi connectivity index (χ0n) is 10.2. The van der Waals surface area contributed by atoms with Gasteiger partial charge in [0.2, 0.25) is 5.91 Å².